The van der Waals surface area contributed by atoms with E-state index in [4.69, 9.17) is 0 Å². The van der Waals surface area contributed by atoms with Crippen molar-refractivity contribution < 1.29 is 4.79 Å². The molecule has 1 aromatic heterocycles. The largest absolute Gasteiger partial charge is 0.318 e. The van der Waals surface area contributed by atoms with Crippen molar-refractivity contribution in [3.8, 4) is 0 Å². The molecular weight excluding hydrogens is 256 g/mol. The fourth-order valence-electron chi connectivity index (χ4n) is 3.14. The third-order valence-corrected chi connectivity index (χ3v) is 5.13. The summed E-state index contributed by atoms with van der Waals surface area (Å²) in [7, 11) is 0. The molecule has 4 heteroatoms. The van der Waals surface area contributed by atoms with Crippen LogP contribution in [0, 0.1) is 11.8 Å². The van der Waals surface area contributed by atoms with E-state index in [-0.39, 0.29) is 12.2 Å². The molecule has 0 radical (unpaired) electrons. The predicted molar refractivity (Wildman–Crippen MR) is 77.9 cm³/mol. The SMILES string of the molecule is CCC1CC1N1C(=O)C(C(C)C)NC1c1ccsc1. The van der Waals surface area contributed by atoms with Gasteiger partial charge in [0.25, 0.3) is 0 Å². The van der Waals surface area contributed by atoms with Crippen LogP contribution < -0.4 is 5.32 Å². The summed E-state index contributed by atoms with van der Waals surface area (Å²) in [6, 6.07) is 2.57. The minimum Gasteiger partial charge on any atom is -0.318 e. The lowest BCUT2D eigenvalue weighted by Gasteiger charge is -2.24. The number of carbonyl (C=O) groups is 1. The number of nitrogens with zero attached hydrogens (tertiary/aromatic N) is 1. The summed E-state index contributed by atoms with van der Waals surface area (Å²) in [5.41, 5.74) is 1.24. The molecule has 2 heterocycles. The van der Waals surface area contributed by atoms with E-state index in [0.717, 1.165) is 0 Å². The van der Waals surface area contributed by atoms with Gasteiger partial charge >= 0.3 is 0 Å². The summed E-state index contributed by atoms with van der Waals surface area (Å²) in [5.74, 6) is 1.35. The average Bonchev–Trinajstić information content (AvgIpc) is 2.82. The first-order valence-electron chi connectivity index (χ1n) is 7.23. The van der Waals surface area contributed by atoms with Gasteiger partial charge in [0.15, 0.2) is 0 Å². The minimum atomic E-state index is -0.0250. The van der Waals surface area contributed by atoms with Gasteiger partial charge in [-0.25, -0.2) is 0 Å². The Bertz CT molecular complexity index is 457. The van der Waals surface area contributed by atoms with Gasteiger partial charge in [0.2, 0.25) is 5.91 Å². The third-order valence-electron chi connectivity index (χ3n) is 4.43. The van der Waals surface area contributed by atoms with Crippen molar-refractivity contribution in [2.24, 2.45) is 11.8 Å². The molecular formula is C15H22N2OS. The fourth-order valence-corrected chi connectivity index (χ4v) is 3.82. The second kappa shape index (κ2) is 4.91. The Labute approximate surface area is 119 Å². The molecule has 1 aliphatic heterocycles. The standard InChI is InChI=1S/C15H22N2OS/c1-4-10-7-12(10)17-14(11-5-6-19-8-11)16-13(9(2)3)15(17)18/h5-6,8-10,12-14,16H,4,7H2,1-3H3. The lowest BCUT2D eigenvalue weighted by atomic mass is 10.1. The molecule has 1 amide bonds. The van der Waals surface area contributed by atoms with E-state index in [1.165, 1.54) is 18.4 Å². The van der Waals surface area contributed by atoms with Crippen LogP contribution in [0.4, 0.5) is 0 Å². The van der Waals surface area contributed by atoms with Crippen LogP contribution in [-0.4, -0.2) is 22.9 Å². The van der Waals surface area contributed by atoms with Crippen molar-refractivity contribution in [2.45, 2.75) is 51.9 Å². The molecule has 19 heavy (non-hydrogen) atoms. The first-order chi connectivity index (χ1) is 9.13. The lowest BCUT2D eigenvalue weighted by molar-refractivity contribution is -0.131. The van der Waals surface area contributed by atoms with Crippen LogP contribution in [0.5, 0.6) is 0 Å². The highest BCUT2D eigenvalue weighted by Gasteiger charge is 2.51. The van der Waals surface area contributed by atoms with Crippen LogP contribution >= 0.6 is 11.3 Å². The van der Waals surface area contributed by atoms with Gasteiger partial charge in [-0.3, -0.25) is 10.1 Å². The van der Waals surface area contributed by atoms with Gasteiger partial charge in [-0.15, -0.1) is 0 Å². The Morgan fingerprint density at radius 3 is 2.84 bits per heavy atom. The lowest BCUT2D eigenvalue weighted by Crippen LogP contribution is -2.36. The molecule has 4 unspecified atom stereocenters. The second-order valence-electron chi connectivity index (χ2n) is 6.06. The molecule has 0 aromatic carbocycles. The van der Waals surface area contributed by atoms with Gasteiger partial charge in [0.1, 0.15) is 6.17 Å². The van der Waals surface area contributed by atoms with Gasteiger partial charge in [-0.1, -0.05) is 27.2 Å². The summed E-state index contributed by atoms with van der Waals surface area (Å²) < 4.78 is 0. The van der Waals surface area contributed by atoms with Crippen molar-refractivity contribution in [3.63, 3.8) is 0 Å². The molecule has 4 atom stereocenters. The highest BCUT2D eigenvalue weighted by Crippen LogP contribution is 2.44. The van der Waals surface area contributed by atoms with Crippen molar-refractivity contribution in [1.82, 2.24) is 10.2 Å². The maximum absolute atomic E-state index is 12.7. The molecule has 0 bridgehead atoms. The Kier molecular flexibility index (Phi) is 3.39. The number of hydrogen-bond donors (Lipinski definition) is 1. The number of thiophene rings is 1. The molecule has 1 aliphatic carbocycles. The Morgan fingerprint density at radius 2 is 2.32 bits per heavy atom. The molecule has 104 valence electrons. The predicted octanol–water partition coefficient (Wildman–Crippen LogP) is 3.00. The minimum absolute atomic E-state index is 0.0250. The zero-order valence-corrected chi connectivity index (χ0v) is 12.6. The Morgan fingerprint density at radius 1 is 1.53 bits per heavy atom. The van der Waals surface area contributed by atoms with Crippen LogP contribution in [0.2, 0.25) is 0 Å². The van der Waals surface area contributed by atoms with Gasteiger partial charge in [0.05, 0.1) is 6.04 Å². The molecule has 2 fully saturated rings. The molecule has 1 aromatic rings. The van der Waals surface area contributed by atoms with Crippen LogP contribution in [0.25, 0.3) is 0 Å². The van der Waals surface area contributed by atoms with Crippen molar-refractivity contribution in [2.75, 3.05) is 0 Å². The van der Waals surface area contributed by atoms with E-state index < -0.39 is 0 Å². The molecule has 1 saturated carbocycles. The third kappa shape index (κ3) is 2.21. The quantitative estimate of drug-likeness (QED) is 0.918. The second-order valence-corrected chi connectivity index (χ2v) is 6.84. The summed E-state index contributed by atoms with van der Waals surface area (Å²) >= 11 is 1.70. The normalized spacial score (nSPS) is 34.3. The van der Waals surface area contributed by atoms with Gasteiger partial charge in [0, 0.05) is 6.04 Å². The van der Waals surface area contributed by atoms with Crippen LogP contribution in [0.15, 0.2) is 16.8 Å². The van der Waals surface area contributed by atoms with Crippen LogP contribution in [0.1, 0.15) is 45.3 Å². The van der Waals surface area contributed by atoms with E-state index in [9.17, 15) is 4.79 Å². The summed E-state index contributed by atoms with van der Waals surface area (Å²) in [4.78, 5) is 14.8. The number of nitrogens with one attached hydrogen (secondary N) is 1. The summed E-state index contributed by atoms with van der Waals surface area (Å²) in [6.45, 7) is 6.46. The molecule has 1 N–H and O–H groups in total. The van der Waals surface area contributed by atoms with Crippen LogP contribution in [0.3, 0.4) is 0 Å². The van der Waals surface area contributed by atoms with Crippen molar-refractivity contribution in [3.05, 3.63) is 22.4 Å². The molecule has 3 rings (SSSR count). The highest BCUT2D eigenvalue weighted by atomic mass is 32.1. The van der Waals surface area contributed by atoms with E-state index in [1.54, 1.807) is 11.3 Å². The molecule has 2 aliphatic rings. The zero-order valence-electron chi connectivity index (χ0n) is 11.8. The van der Waals surface area contributed by atoms with Crippen LogP contribution in [-0.2, 0) is 4.79 Å². The Balaban J connectivity index is 1.86. The molecule has 3 nitrogen and oxygen atoms in total. The molecule has 1 saturated heterocycles. The molecule has 0 spiro atoms. The number of carbonyl (C=O) groups excluding carboxylic acids is 1. The number of hydrogen-bond acceptors (Lipinski definition) is 3. The van der Waals surface area contributed by atoms with Crippen molar-refractivity contribution in [1.29, 1.82) is 0 Å². The van der Waals surface area contributed by atoms with E-state index in [0.29, 0.717) is 23.8 Å². The van der Waals surface area contributed by atoms with Gasteiger partial charge in [-0.2, -0.15) is 11.3 Å². The topological polar surface area (TPSA) is 32.3 Å². The van der Waals surface area contributed by atoms with Crippen molar-refractivity contribution >= 4 is 17.2 Å². The van der Waals surface area contributed by atoms with Gasteiger partial charge < -0.3 is 4.90 Å². The summed E-state index contributed by atoms with van der Waals surface area (Å²) in [6.07, 6.45) is 2.44. The van der Waals surface area contributed by atoms with Gasteiger partial charge in [-0.05, 0) is 40.6 Å². The zero-order chi connectivity index (χ0) is 13.6. The first-order valence-corrected chi connectivity index (χ1v) is 8.18. The first kappa shape index (κ1) is 13.1. The Hall–Kier alpha value is -0.870. The highest BCUT2D eigenvalue weighted by molar-refractivity contribution is 7.07. The fraction of sp³-hybridized carbons (Fsp3) is 0.667. The maximum Gasteiger partial charge on any atom is 0.241 e. The smallest absolute Gasteiger partial charge is 0.241 e. The van der Waals surface area contributed by atoms with E-state index in [2.05, 4.69) is 47.8 Å². The van der Waals surface area contributed by atoms with E-state index >= 15 is 0 Å². The maximum atomic E-state index is 12.7. The average molecular weight is 278 g/mol. The number of rotatable bonds is 4. The van der Waals surface area contributed by atoms with E-state index in [1.807, 2.05) is 0 Å². The monoisotopic (exact) mass is 278 g/mol. The summed E-state index contributed by atoms with van der Waals surface area (Å²) in [5, 5.41) is 7.79. The number of amides is 1.